The molecule has 27 heavy (non-hydrogen) atoms. The van der Waals surface area contributed by atoms with Gasteiger partial charge in [-0.2, -0.15) is 0 Å². The second-order valence-electron chi connectivity index (χ2n) is 7.07. The van der Waals surface area contributed by atoms with Gasteiger partial charge in [0.25, 0.3) is 0 Å². The highest BCUT2D eigenvalue weighted by Crippen LogP contribution is 2.41. The molecule has 0 N–H and O–H groups in total. The fourth-order valence-corrected chi connectivity index (χ4v) is 3.72. The average Bonchev–Trinajstić information content (AvgIpc) is 2.65. The van der Waals surface area contributed by atoms with Crippen molar-refractivity contribution in [1.82, 2.24) is 0 Å². The maximum Gasteiger partial charge on any atom is 0.119 e. The second-order valence-corrected chi connectivity index (χ2v) is 7.07. The van der Waals surface area contributed by atoms with E-state index in [1.54, 1.807) is 7.11 Å². The van der Waals surface area contributed by atoms with Gasteiger partial charge in [0.15, 0.2) is 0 Å². The van der Waals surface area contributed by atoms with Crippen LogP contribution < -0.4 is 9.64 Å². The van der Waals surface area contributed by atoms with Crippen LogP contribution >= 0.6 is 0 Å². The third kappa shape index (κ3) is 3.59. The van der Waals surface area contributed by atoms with Gasteiger partial charge in [-0.25, -0.2) is 4.99 Å². The van der Waals surface area contributed by atoms with Crippen molar-refractivity contribution in [3.63, 3.8) is 0 Å². The molecule has 4 rings (SSSR count). The van der Waals surface area contributed by atoms with Crippen molar-refractivity contribution in [3.8, 4) is 5.75 Å². The average molecular weight is 356 g/mol. The molecule has 0 aromatic heterocycles. The standard InChI is InChI=1S/C24H24N2O/c1-17-13-18(2)15-19(14-17)23-16-24(25-20-7-5-4-6-8-20)26(23)21-9-11-22(27-3)12-10-21/h4-15,23H,16H2,1-3H3/b25-24+. The molecule has 136 valence electrons. The molecule has 3 aromatic carbocycles. The maximum absolute atomic E-state index is 5.32. The lowest BCUT2D eigenvalue weighted by Crippen LogP contribution is -2.46. The lowest BCUT2D eigenvalue weighted by molar-refractivity contribution is 0.415. The molecule has 1 heterocycles. The summed E-state index contributed by atoms with van der Waals surface area (Å²) in [6.07, 6.45) is 0.934. The van der Waals surface area contributed by atoms with E-state index in [0.29, 0.717) is 6.04 Å². The van der Waals surface area contributed by atoms with Crippen molar-refractivity contribution in [2.45, 2.75) is 26.3 Å². The van der Waals surface area contributed by atoms with Crippen molar-refractivity contribution in [3.05, 3.63) is 89.5 Å². The Balaban J connectivity index is 1.72. The van der Waals surface area contributed by atoms with Crippen molar-refractivity contribution in [2.24, 2.45) is 4.99 Å². The monoisotopic (exact) mass is 356 g/mol. The van der Waals surface area contributed by atoms with Gasteiger partial charge < -0.3 is 9.64 Å². The molecule has 1 aliphatic rings. The Hall–Kier alpha value is -3.07. The van der Waals surface area contributed by atoms with Gasteiger partial charge in [-0.3, -0.25) is 0 Å². The number of para-hydroxylation sites is 1. The lowest BCUT2D eigenvalue weighted by Gasteiger charge is -2.44. The molecule has 0 amide bonds. The number of rotatable bonds is 4. The largest absolute Gasteiger partial charge is 0.497 e. The van der Waals surface area contributed by atoms with Crippen LogP contribution in [0, 0.1) is 13.8 Å². The van der Waals surface area contributed by atoms with Crippen molar-refractivity contribution in [1.29, 1.82) is 0 Å². The quantitative estimate of drug-likeness (QED) is 0.573. The van der Waals surface area contributed by atoms with E-state index >= 15 is 0 Å². The predicted molar refractivity (Wildman–Crippen MR) is 112 cm³/mol. The smallest absolute Gasteiger partial charge is 0.119 e. The number of aliphatic imine (C=N–C) groups is 1. The van der Waals surface area contributed by atoms with Gasteiger partial charge in [0.1, 0.15) is 11.6 Å². The number of nitrogens with zero attached hydrogens (tertiary/aromatic N) is 2. The van der Waals surface area contributed by atoms with Crippen LogP contribution in [0.2, 0.25) is 0 Å². The van der Waals surface area contributed by atoms with E-state index in [1.807, 2.05) is 42.5 Å². The Bertz CT molecular complexity index is 941. The summed E-state index contributed by atoms with van der Waals surface area (Å²) < 4.78 is 5.32. The van der Waals surface area contributed by atoms with E-state index < -0.39 is 0 Å². The fourth-order valence-electron chi connectivity index (χ4n) is 3.72. The molecule has 3 aromatic rings. The van der Waals surface area contributed by atoms with Gasteiger partial charge in [-0.15, -0.1) is 0 Å². The highest BCUT2D eigenvalue weighted by Gasteiger charge is 2.36. The predicted octanol–water partition coefficient (Wildman–Crippen LogP) is 5.99. The number of anilines is 1. The molecule has 1 unspecified atom stereocenters. The van der Waals surface area contributed by atoms with E-state index in [-0.39, 0.29) is 0 Å². The summed E-state index contributed by atoms with van der Waals surface area (Å²) in [5.74, 6) is 1.96. The zero-order valence-electron chi connectivity index (χ0n) is 16.0. The molecule has 0 spiro atoms. The van der Waals surface area contributed by atoms with Gasteiger partial charge >= 0.3 is 0 Å². The number of methoxy groups -OCH3 is 1. The van der Waals surface area contributed by atoms with E-state index in [9.17, 15) is 0 Å². The zero-order valence-corrected chi connectivity index (χ0v) is 16.0. The maximum atomic E-state index is 5.32. The first-order valence-corrected chi connectivity index (χ1v) is 9.28. The van der Waals surface area contributed by atoms with Gasteiger partial charge in [-0.05, 0) is 55.8 Å². The van der Waals surface area contributed by atoms with Crippen molar-refractivity contribution >= 4 is 17.2 Å². The number of hydrogen-bond acceptors (Lipinski definition) is 2. The van der Waals surface area contributed by atoms with Crippen LogP contribution in [0.1, 0.15) is 29.2 Å². The van der Waals surface area contributed by atoms with Gasteiger partial charge in [-0.1, -0.05) is 47.5 Å². The minimum atomic E-state index is 0.305. The van der Waals surface area contributed by atoms with Gasteiger partial charge in [0, 0.05) is 12.1 Å². The Morgan fingerprint density at radius 1 is 0.889 bits per heavy atom. The first-order chi connectivity index (χ1) is 13.1. The SMILES string of the molecule is COc1ccc(N2/C(=N/c3ccccc3)CC2c2cc(C)cc(C)c2)cc1. The Morgan fingerprint density at radius 2 is 1.56 bits per heavy atom. The van der Waals surface area contributed by atoms with E-state index in [4.69, 9.17) is 9.73 Å². The van der Waals surface area contributed by atoms with Crippen LogP contribution in [0.15, 0.2) is 77.8 Å². The summed E-state index contributed by atoms with van der Waals surface area (Å²) in [4.78, 5) is 7.23. The molecular formula is C24H24N2O. The highest BCUT2D eigenvalue weighted by molar-refractivity contribution is 6.06. The Kier molecular flexibility index (Phi) is 4.68. The van der Waals surface area contributed by atoms with Crippen LogP contribution in [-0.2, 0) is 0 Å². The number of amidine groups is 1. The van der Waals surface area contributed by atoms with Crippen molar-refractivity contribution in [2.75, 3.05) is 12.0 Å². The first kappa shape index (κ1) is 17.3. The summed E-state index contributed by atoms with van der Waals surface area (Å²) in [6, 6.07) is 25.5. The minimum absolute atomic E-state index is 0.305. The molecule has 1 saturated heterocycles. The molecule has 1 fully saturated rings. The zero-order chi connectivity index (χ0) is 18.8. The van der Waals surface area contributed by atoms with Gasteiger partial charge in [0.2, 0.25) is 0 Å². The third-order valence-corrected chi connectivity index (χ3v) is 4.96. The topological polar surface area (TPSA) is 24.8 Å². The normalized spacial score (nSPS) is 17.7. The molecule has 0 saturated carbocycles. The molecule has 3 nitrogen and oxygen atoms in total. The number of benzene rings is 3. The van der Waals surface area contributed by atoms with Crippen LogP contribution in [0.25, 0.3) is 0 Å². The molecule has 0 radical (unpaired) electrons. The summed E-state index contributed by atoms with van der Waals surface area (Å²) in [5.41, 5.74) is 6.07. The number of ether oxygens (including phenoxy) is 1. The Labute approximate surface area is 160 Å². The molecule has 3 heteroatoms. The van der Waals surface area contributed by atoms with E-state index in [0.717, 1.165) is 29.4 Å². The second kappa shape index (κ2) is 7.28. The summed E-state index contributed by atoms with van der Waals surface area (Å²) in [5, 5.41) is 0. The van der Waals surface area contributed by atoms with Gasteiger partial charge in [0.05, 0.1) is 18.8 Å². The third-order valence-electron chi connectivity index (χ3n) is 4.96. The lowest BCUT2D eigenvalue weighted by atomic mass is 9.90. The molecule has 0 aliphatic carbocycles. The molecule has 1 aliphatic heterocycles. The molecule has 0 bridgehead atoms. The van der Waals surface area contributed by atoms with Crippen LogP contribution in [0.5, 0.6) is 5.75 Å². The van der Waals surface area contributed by atoms with Crippen LogP contribution in [0.3, 0.4) is 0 Å². The summed E-state index contributed by atoms with van der Waals surface area (Å²) >= 11 is 0. The number of hydrogen-bond donors (Lipinski definition) is 0. The minimum Gasteiger partial charge on any atom is -0.497 e. The van der Waals surface area contributed by atoms with E-state index in [2.05, 4.69) is 49.1 Å². The van der Waals surface area contributed by atoms with E-state index in [1.165, 1.54) is 16.7 Å². The first-order valence-electron chi connectivity index (χ1n) is 9.28. The molecule has 1 atom stereocenters. The van der Waals surface area contributed by atoms with Crippen LogP contribution in [-0.4, -0.2) is 12.9 Å². The summed E-state index contributed by atoms with van der Waals surface area (Å²) in [7, 11) is 1.69. The van der Waals surface area contributed by atoms with Crippen LogP contribution in [0.4, 0.5) is 11.4 Å². The Morgan fingerprint density at radius 3 is 2.19 bits per heavy atom. The number of aryl methyl sites for hydroxylation is 2. The van der Waals surface area contributed by atoms with Crippen molar-refractivity contribution < 1.29 is 4.74 Å². The summed E-state index contributed by atoms with van der Waals surface area (Å²) in [6.45, 7) is 4.32. The highest BCUT2D eigenvalue weighted by atomic mass is 16.5. The molecular weight excluding hydrogens is 332 g/mol. The fraction of sp³-hybridized carbons (Fsp3) is 0.208.